The van der Waals surface area contributed by atoms with Crippen LogP contribution in [-0.4, -0.2) is 40.3 Å². The van der Waals surface area contributed by atoms with E-state index in [0.29, 0.717) is 32.4 Å². The normalized spacial score (nSPS) is 11.9. The van der Waals surface area contributed by atoms with Gasteiger partial charge in [-0.1, -0.05) is 28.5 Å². The fourth-order valence-corrected chi connectivity index (χ4v) is 4.08. The number of nitrogens with one attached hydrogen (secondary N) is 1. The van der Waals surface area contributed by atoms with E-state index in [-0.39, 0.29) is 27.2 Å². The Morgan fingerprint density at radius 3 is 2.12 bits per heavy atom. The van der Waals surface area contributed by atoms with Gasteiger partial charge >= 0.3 is 5.97 Å². The maximum absolute atomic E-state index is 11.8. The zero-order chi connectivity index (χ0) is 18.8. The van der Waals surface area contributed by atoms with Crippen LogP contribution in [0.25, 0.3) is 0 Å². The summed E-state index contributed by atoms with van der Waals surface area (Å²) in [5.74, 6) is -0.125. The SMILES string of the molecule is CCC(=O)CCNC(=O)CCC(C)(C)SSC(C)(C)COC(C)=O. The molecular formula is C17H31NO4S2. The minimum absolute atomic E-state index is 0.0169. The highest BCUT2D eigenvalue weighted by atomic mass is 33.1. The summed E-state index contributed by atoms with van der Waals surface area (Å²) in [6.07, 6.45) is 2.09. The maximum Gasteiger partial charge on any atom is 0.302 e. The van der Waals surface area contributed by atoms with Crippen molar-refractivity contribution >= 4 is 39.2 Å². The van der Waals surface area contributed by atoms with Gasteiger partial charge in [-0.25, -0.2) is 0 Å². The zero-order valence-corrected chi connectivity index (χ0v) is 17.3. The highest BCUT2D eigenvalue weighted by Gasteiger charge is 2.27. The van der Waals surface area contributed by atoms with Gasteiger partial charge in [0, 0.05) is 37.5 Å². The molecule has 0 rings (SSSR count). The maximum atomic E-state index is 11.8. The molecule has 5 nitrogen and oxygen atoms in total. The molecule has 24 heavy (non-hydrogen) atoms. The molecule has 0 aliphatic carbocycles. The number of rotatable bonds is 12. The average molecular weight is 378 g/mol. The molecule has 0 heterocycles. The number of hydrogen-bond donors (Lipinski definition) is 1. The standard InChI is InChI=1S/C17H31NO4S2/c1-7-14(20)9-11-18-15(21)8-10-16(3,4)23-24-17(5,6)12-22-13(2)19/h7-12H2,1-6H3,(H,18,21). The third-order valence-corrected chi connectivity index (χ3v) is 7.46. The van der Waals surface area contributed by atoms with E-state index >= 15 is 0 Å². The van der Waals surface area contributed by atoms with Crippen LogP contribution in [0.2, 0.25) is 0 Å². The van der Waals surface area contributed by atoms with Gasteiger partial charge in [-0.05, 0) is 34.1 Å². The van der Waals surface area contributed by atoms with E-state index in [1.807, 2.05) is 20.8 Å². The lowest BCUT2D eigenvalue weighted by Crippen LogP contribution is -2.28. The number of hydrogen-bond acceptors (Lipinski definition) is 6. The van der Waals surface area contributed by atoms with Crippen molar-refractivity contribution in [3.8, 4) is 0 Å². The minimum atomic E-state index is -0.272. The molecule has 1 amide bonds. The fourth-order valence-electron chi connectivity index (χ4n) is 1.59. The predicted molar refractivity (Wildman–Crippen MR) is 102 cm³/mol. The Hall–Kier alpha value is -0.690. The second-order valence-electron chi connectivity index (χ2n) is 6.96. The van der Waals surface area contributed by atoms with Crippen LogP contribution in [0.4, 0.5) is 0 Å². The lowest BCUT2D eigenvalue weighted by atomic mass is 10.1. The van der Waals surface area contributed by atoms with Crippen molar-refractivity contribution in [2.75, 3.05) is 13.2 Å². The monoisotopic (exact) mass is 377 g/mol. The molecule has 0 aromatic heterocycles. The van der Waals surface area contributed by atoms with E-state index in [0.717, 1.165) is 6.42 Å². The number of Topliss-reactive ketones (excluding diaryl/α,β-unsaturated/α-hetero) is 1. The second-order valence-corrected chi connectivity index (χ2v) is 10.5. The largest absolute Gasteiger partial charge is 0.464 e. The van der Waals surface area contributed by atoms with Crippen molar-refractivity contribution in [3.63, 3.8) is 0 Å². The van der Waals surface area contributed by atoms with E-state index < -0.39 is 0 Å². The molecule has 140 valence electrons. The summed E-state index contributed by atoms with van der Waals surface area (Å²) in [5.41, 5.74) is 0. The predicted octanol–water partition coefficient (Wildman–Crippen LogP) is 3.75. The van der Waals surface area contributed by atoms with Gasteiger partial charge in [0.2, 0.25) is 5.91 Å². The Balaban J connectivity index is 4.09. The Labute approximate surface area is 153 Å². The van der Waals surface area contributed by atoms with Crippen molar-refractivity contribution in [1.82, 2.24) is 5.32 Å². The quantitative estimate of drug-likeness (QED) is 0.412. The van der Waals surface area contributed by atoms with Gasteiger partial charge in [-0.2, -0.15) is 0 Å². The lowest BCUT2D eigenvalue weighted by molar-refractivity contribution is -0.141. The number of esters is 1. The first-order valence-corrected chi connectivity index (χ1v) is 10.4. The van der Waals surface area contributed by atoms with E-state index in [9.17, 15) is 14.4 Å². The van der Waals surface area contributed by atoms with Crippen LogP contribution in [-0.2, 0) is 19.1 Å². The molecule has 0 aliphatic rings. The Morgan fingerprint density at radius 2 is 1.58 bits per heavy atom. The zero-order valence-electron chi connectivity index (χ0n) is 15.7. The molecule has 0 aromatic rings. The molecule has 0 saturated carbocycles. The van der Waals surface area contributed by atoms with Crippen molar-refractivity contribution in [1.29, 1.82) is 0 Å². The fraction of sp³-hybridized carbons (Fsp3) is 0.824. The van der Waals surface area contributed by atoms with Crippen LogP contribution >= 0.6 is 21.6 Å². The van der Waals surface area contributed by atoms with Crippen molar-refractivity contribution in [2.45, 2.75) is 76.7 Å². The molecule has 0 aliphatic heterocycles. The summed E-state index contributed by atoms with van der Waals surface area (Å²) >= 11 is 0. The smallest absolute Gasteiger partial charge is 0.302 e. The Morgan fingerprint density at radius 1 is 1.00 bits per heavy atom. The number of ether oxygens (including phenoxy) is 1. The van der Waals surface area contributed by atoms with Crippen LogP contribution in [0.15, 0.2) is 0 Å². The number of carbonyl (C=O) groups is 3. The summed E-state index contributed by atoms with van der Waals surface area (Å²) in [6.45, 7) is 12.3. The minimum Gasteiger partial charge on any atom is -0.464 e. The van der Waals surface area contributed by atoms with Crippen LogP contribution in [0.3, 0.4) is 0 Å². The van der Waals surface area contributed by atoms with E-state index in [4.69, 9.17) is 4.74 Å². The van der Waals surface area contributed by atoms with Crippen molar-refractivity contribution in [3.05, 3.63) is 0 Å². The Kier molecular flexibility index (Phi) is 10.7. The third-order valence-electron chi connectivity index (χ3n) is 3.19. The highest BCUT2D eigenvalue weighted by molar-refractivity contribution is 8.77. The first-order valence-electron chi connectivity index (χ1n) is 8.26. The average Bonchev–Trinajstić information content (AvgIpc) is 2.49. The van der Waals surface area contributed by atoms with Gasteiger partial charge < -0.3 is 10.1 Å². The first-order chi connectivity index (χ1) is 11.0. The van der Waals surface area contributed by atoms with Crippen LogP contribution in [0.1, 0.15) is 67.2 Å². The van der Waals surface area contributed by atoms with Gasteiger partial charge in [0.15, 0.2) is 0 Å². The van der Waals surface area contributed by atoms with Gasteiger partial charge in [0.1, 0.15) is 12.4 Å². The molecule has 0 atom stereocenters. The molecule has 0 unspecified atom stereocenters. The van der Waals surface area contributed by atoms with Crippen LogP contribution < -0.4 is 5.32 Å². The lowest BCUT2D eigenvalue weighted by Gasteiger charge is -2.29. The number of ketones is 1. The summed E-state index contributed by atoms with van der Waals surface area (Å²) in [6, 6.07) is 0. The van der Waals surface area contributed by atoms with Crippen molar-refractivity contribution < 1.29 is 19.1 Å². The van der Waals surface area contributed by atoms with Gasteiger partial charge in [-0.3, -0.25) is 14.4 Å². The van der Waals surface area contributed by atoms with Gasteiger partial charge in [0.25, 0.3) is 0 Å². The van der Waals surface area contributed by atoms with E-state index in [1.165, 1.54) is 6.92 Å². The third kappa shape index (κ3) is 12.7. The molecule has 0 fully saturated rings. The van der Waals surface area contributed by atoms with Gasteiger partial charge in [0.05, 0.1) is 4.75 Å². The first kappa shape index (κ1) is 23.3. The number of amides is 1. The Bertz CT molecular complexity index is 436. The van der Waals surface area contributed by atoms with E-state index in [2.05, 4.69) is 19.2 Å². The highest BCUT2D eigenvalue weighted by Crippen LogP contribution is 2.45. The van der Waals surface area contributed by atoms with E-state index in [1.54, 1.807) is 21.6 Å². The molecule has 0 spiro atoms. The summed E-state index contributed by atoms with van der Waals surface area (Å²) < 4.78 is 4.82. The molecule has 7 heteroatoms. The number of carbonyl (C=O) groups excluding carboxylic acids is 3. The van der Waals surface area contributed by atoms with Gasteiger partial charge in [-0.15, -0.1) is 0 Å². The second kappa shape index (κ2) is 11.0. The summed E-state index contributed by atoms with van der Waals surface area (Å²) in [5, 5.41) is 2.79. The molecule has 0 bridgehead atoms. The molecular weight excluding hydrogens is 346 g/mol. The topological polar surface area (TPSA) is 72.5 Å². The molecule has 0 aromatic carbocycles. The molecule has 0 saturated heterocycles. The molecule has 1 N–H and O–H groups in total. The van der Waals surface area contributed by atoms with Crippen LogP contribution in [0.5, 0.6) is 0 Å². The molecule has 0 radical (unpaired) electrons. The summed E-state index contributed by atoms with van der Waals surface area (Å²) in [4.78, 5) is 34.0. The van der Waals surface area contributed by atoms with Crippen molar-refractivity contribution in [2.24, 2.45) is 0 Å². The summed E-state index contributed by atoms with van der Waals surface area (Å²) in [7, 11) is 3.37. The van der Waals surface area contributed by atoms with Crippen LogP contribution in [0, 0.1) is 0 Å².